The minimum Gasteiger partial charge on any atom is -0.508 e. The first-order valence-electron chi connectivity index (χ1n) is 9.69. The molecule has 1 amide bonds. The lowest BCUT2D eigenvalue weighted by Crippen LogP contribution is -2.29. The zero-order valence-corrected chi connectivity index (χ0v) is 16.9. The zero-order chi connectivity index (χ0) is 23.0. The quantitative estimate of drug-likeness (QED) is 0.210. The van der Waals surface area contributed by atoms with Crippen LogP contribution in [0, 0.1) is 17.0 Å². The molecule has 1 heterocycles. The number of ketones is 1. The summed E-state index contributed by atoms with van der Waals surface area (Å²) < 4.78 is 0. The van der Waals surface area contributed by atoms with Gasteiger partial charge in [-0.15, -0.1) is 0 Å². The van der Waals surface area contributed by atoms with Crippen molar-refractivity contribution in [3.63, 3.8) is 0 Å². The Bertz CT molecular complexity index is 1260. The molecular weight excluding hydrogens is 412 g/mol. The van der Waals surface area contributed by atoms with E-state index in [-0.39, 0.29) is 22.8 Å². The topological polar surface area (TPSA) is 121 Å². The maximum Gasteiger partial charge on any atom is 0.300 e. The molecule has 0 bridgehead atoms. The number of non-ortho nitro benzene ring substituents is 1. The van der Waals surface area contributed by atoms with Crippen LogP contribution >= 0.6 is 0 Å². The van der Waals surface area contributed by atoms with Crippen LogP contribution in [0.5, 0.6) is 5.75 Å². The van der Waals surface area contributed by atoms with Gasteiger partial charge in [0, 0.05) is 23.4 Å². The largest absolute Gasteiger partial charge is 0.508 e. The molecule has 1 aliphatic heterocycles. The summed E-state index contributed by atoms with van der Waals surface area (Å²) in [6.45, 7) is 1.87. The molecule has 160 valence electrons. The van der Waals surface area contributed by atoms with Gasteiger partial charge >= 0.3 is 0 Å². The summed E-state index contributed by atoms with van der Waals surface area (Å²) in [6.07, 6.45) is 0. The van der Waals surface area contributed by atoms with Crippen molar-refractivity contribution in [1.29, 1.82) is 0 Å². The van der Waals surface area contributed by atoms with Crippen molar-refractivity contribution in [2.45, 2.75) is 13.0 Å². The van der Waals surface area contributed by atoms with E-state index in [0.717, 1.165) is 5.56 Å². The van der Waals surface area contributed by atoms with E-state index >= 15 is 0 Å². The Balaban J connectivity index is 1.96. The van der Waals surface area contributed by atoms with Gasteiger partial charge in [-0.25, -0.2) is 0 Å². The molecule has 0 radical (unpaired) electrons. The summed E-state index contributed by atoms with van der Waals surface area (Å²) in [4.78, 5) is 38.0. The predicted molar refractivity (Wildman–Crippen MR) is 117 cm³/mol. The second-order valence-electron chi connectivity index (χ2n) is 7.40. The molecule has 0 spiro atoms. The second-order valence-corrected chi connectivity index (χ2v) is 7.40. The van der Waals surface area contributed by atoms with Crippen molar-refractivity contribution in [3.8, 4) is 5.75 Å². The monoisotopic (exact) mass is 430 g/mol. The van der Waals surface area contributed by atoms with Gasteiger partial charge in [0.1, 0.15) is 11.5 Å². The van der Waals surface area contributed by atoms with Gasteiger partial charge in [-0.1, -0.05) is 42.0 Å². The van der Waals surface area contributed by atoms with E-state index in [1.165, 1.54) is 47.4 Å². The van der Waals surface area contributed by atoms with E-state index in [4.69, 9.17) is 0 Å². The van der Waals surface area contributed by atoms with E-state index in [1.807, 2.05) is 6.92 Å². The van der Waals surface area contributed by atoms with Crippen LogP contribution in [0.25, 0.3) is 5.76 Å². The molecule has 3 aromatic rings. The number of phenols is 1. The molecule has 0 aromatic heterocycles. The van der Waals surface area contributed by atoms with Crippen LogP contribution in [-0.2, 0) is 9.59 Å². The van der Waals surface area contributed by atoms with Crippen LogP contribution < -0.4 is 4.90 Å². The van der Waals surface area contributed by atoms with Crippen molar-refractivity contribution < 1.29 is 24.7 Å². The number of nitrogens with zero attached hydrogens (tertiary/aromatic N) is 2. The molecule has 4 rings (SSSR count). The number of aliphatic hydroxyl groups is 1. The van der Waals surface area contributed by atoms with Gasteiger partial charge in [-0.2, -0.15) is 0 Å². The van der Waals surface area contributed by atoms with Gasteiger partial charge in [0.05, 0.1) is 16.5 Å². The number of phenolic OH excluding ortho intramolecular Hbond substituents is 1. The molecule has 8 nitrogen and oxygen atoms in total. The number of nitro groups is 1. The first kappa shape index (κ1) is 20.8. The Morgan fingerprint density at radius 2 is 1.66 bits per heavy atom. The summed E-state index contributed by atoms with van der Waals surface area (Å²) in [7, 11) is 0. The fourth-order valence-electron chi connectivity index (χ4n) is 3.70. The van der Waals surface area contributed by atoms with Gasteiger partial charge < -0.3 is 10.2 Å². The lowest BCUT2D eigenvalue weighted by molar-refractivity contribution is -0.384. The number of aryl methyl sites for hydroxylation is 1. The summed E-state index contributed by atoms with van der Waals surface area (Å²) in [6, 6.07) is 16.9. The number of aromatic hydroxyl groups is 1. The molecule has 2 N–H and O–H groups in total. The third kappa shape index (κ3) is 3.58. The van der Waals surface area contributed by atoms with Gasteiger partial charge in [-0.05, 0) is 36.8 Å². The van der Waals surface area contributed by atoms with Crippen LogP contribution in [0.4, 0.5) is 11.4 Å². The zero-order valence-electron chi connectivity index (χ0n) is 16.9. The first-order valence-corrected chi connectivity index (χ1v) is 9.69. The minimum absolute atomic E-state index is 0.0307. The highest BCUT2D eigenvalue weighted by Gasteiger charge is 2.47. The van der Waals surface area contributed by atoms with E-state index in [1.54, 1.807) is 30.3 Å². The van der Waals surface area contributed by atoms with E-state index < -0.39 is 22.7 Å². The molecule has 1 aliphatic rings. The van der Waals surface area contributed by atoms with Crippen LogP contribution in [0.3, 0.4) is 0 Å². The SMILES string of the molecule is Cc1ccc(/C(O)=C2/C(=O)C(=O)N(c3ccc(O)cc3)C2c2cccc([N+](=O)[O-])c2)cc1. The van der Waals surface area contributed by atoms with Crippen LogP contribution in [0.15, 0.2) is 78.4 Å². The maximum absolute atomic E-state index is 13.0. The number of anilines is 1. The number of aliphatic hydroxyl groups excluding tert-OH is 1. The fraction of sp³-hybridized carbons (Fsp3) is 0.0833. The van der Waals surface area contributed by atoms with Gasteiger partial charge in [0.2, 0.25) is 0 Å². The van der Waals surface area contributed by atoms with E-state index in [2.05, 4.69) is 0 Å². The van der Waals surface area contributed by atoms with Crippen molar-refractivity contribution in [1.82, 2.24) is 0 Å². The molecule has 8 heteroatoms. The lowest BCUT2D eigenvalue weighted by atomic mass is 9.94. The number of rotatable bonds is 4. The lowest BCUT2D eigenvalue weighted by Gasteiger charge is -2.25. The molecule has 1 saturated heterocycles. The van der Waals surface area contributed by atoms with Crippen LogP contribution in [0.1, 0.15) is 22.7 Å². The predicted octanol–water partition coefficient (Wildman–Crippen LogP) is 4.24. The highest BCUT2D eigenvalue weighted by molar-refractivity contribution is 6.51. The Morgan fingerprint density at radius 3 is 2.28 bits per heavy atom. The molecule has 3 aromatic carbocycles. The molecule has 32 heavy (non-hydrogen) atoms. The Hall–Kier alpha value is -4.46. The molecular formula is C24H18N2O6. The summed E-state index contributed by atoms with van der Waals surface area (Å²) in [5.41, 5.74) is 1.49. The number of carbonyl (C=O) groups excluding carboxylic acids is 2. The van der Waals surface area contributed by atoms with Gasteiger partial charge in [0.15, 0.2) is 0 Å². The fourth-order valence-corrected chi connectivity index (χ4v) is 3.70. The summed E-state index contributed by atoms with van der Waals surface area (Å²) in [5, 5.41) is 32.0. The molecule has 1 atom stereocenters. The average molecular weight is 430 g/mol. The molecule has 1 unspecified atom stereocenters. The summed E-state index contributed by atoms with van der Waals surface area (Å²) >= 11 is 0. The smallest absolute Gasteiger partial charge is 0.300 e. The van der Waals surface area contributed by atoms with E-state index in [9.17, 15) is 29.9 Å². The standard InChI is InChI=1S/C24H18N2O6/c1-14-5-7-15(8-6-14)22(28)20-21(16-3-2-4-18(13-16)26(31)32)25(24(30)23(20)29)17-9-11-19(27)12-10-17/h2-13,21,27-28H,1H3/b22-20-. The average Bonchev–Trinajstić information content (AvgIpc) is 3.05. The third-order valence-electron chi connectivity index (χ3n) is 5.29. The van der Waals surface area contributed by atoms with E-state index in [0.29, 0.717) is 16.8 Å². The Labute approximate surface area is 182 Å². The number of hydrogen-bond acceptors (Lipinski definition) is 6. The number of hydrogen-bond donors (Lipinski definition) is 2. The molecule has 1 fully saturated rings. The van der Waals surface area contributed by atoms with Crippen LogP contribution in [0.2, 0.25) is 0 Å². The van der Waals surface area contributed by atoms with Gasteiger partial charge in [-0.3, -0.25) is 24.6 Å². The Kier molecular flexibility index (Phi) is 5.19. The Morgan fingerprint density at radius 1 is 1.00 bits per heavy atom. The van der Waals surface area contributed by atoms with Crippen LogP contribution in [-0.4, -0.2) is 26.8 Å². The van der Waals surface area contributed by atoms with Crippen molar-refractivity contribution in [2.24, 2.45) is 0 Å². The molecule has 0 saturated carbocycles. The maximum atomic E-state index is 13.0. The third-order valence-corrected chi connectivity index (χ3v) is 5.29. The molecule has 0 aliphatic carbocycles. The summed E-state index contributed by atoms with van der Waals surface area (Å²) in [5.74, 6) is -2.20. The minimum atomic E-state index is -1.10. The highest BCUT2D eigenvalue weighted by Crippen LogP contribution is 2.43. The van der Waals surface area contributed by atoms with Gasteiger partial charge in [0.25, 0.3) is 17.4 Å². The van der Waals surface area contributed by atoms with Crippen molar-refractivity contribution >= 4 is 28.8 Å². The number of nitro benzene ring substituents is 1. The number of Topliss-reactive ketones (excluding diaryl/α,β-unsaturated/α-hetero) is 1. The first-order chi connectivity index (χ1) is 15.3. The highest BCUT2D eigenvalue weighted by atomic mass is 16.6. The van der Waals surface area contributed by atoms with Crippen molar-refractivity contribution in [3.05, 3.63) is 105 Å². The second kappa shape index (κ2) is 7.99. The number of amides is 1. The normalized spacial score (nSPS) is 17.5. The number of carbonyl (C=O) groups is 2. The van der Waals surface area contributed by atoms with Crippen molar-refractivity contribution in [2.75, 3.05) is 4.90 Å². The number of benzene rings is 3.